The lowest BCUT2D eigenvalue weighted by Gasteiger charge is -2.17. The first kappa shape index (κ1) is 13.8. The summed E-state index contributed by atoms with van der Waals surface area (Å²) < 4.78 is 0. The van der Waals surface area contributed by atoms with Gasteiger partial charge in [0.15, 0.2) is 0 Å². The lowest BCUT2D eigenvalue weighted by Crippen LogP contribution is -2.18. The number of hydrogen-bond acceptors (Lipinski definition) is 4. The highest BCUT2D eigenvalue weighted by atomic mass is 32.1. The average molecular weight is 300 g/mol. The van der Waals surface area contributed by atoms with Crippen molar-refractivity contribution in [2.45, 2.75) is 12.8 Å². The Morgan fingerprint density at radius 2 is 2.24 bits per heavy atom. The lowest BCUT2D eigenvalue weighted by molar-refractivity contribution is -0.116. The van der Waals surface area contributed by atoms with E-state index in [0.29, 0.717) is 6.42 Å². The number of nitrogens with zero attached hydrogens (tertiary/aromatic N) is 3. The third-order valence-electron chi connectivity index (χ3n) is 3.19. The minimum absolute atomic E-state index is 0.0872. The van der Waals surface area contributed by atoms with Gasteiger partial charge in [-0.15, -0.1) is 11.3 Å². The molecule has 0 bridgehead atoms. The number of nitrogens with one attached hydrogen (secondary N) is 1. The summed E-state index contributed by atoms with van der Waals surface area (Å²) in [5.41, 5.74) is 4.06. The van der Waals surface area contributed by atoms with E-state index in [2.05, 4.69) is 21.4 Å². The molecule has 0 saturated carbocycles. The molecule has 5 nitrogen and oxygen atoms in total. The molecule has 0 atom stereocenters. The summed E-state index contributed by atoms with van der Waals surface area (Å²) in [4.78, 5) is 22.1. The zero-order valence-corrected chi connectivity index (χ0v) is 12.8. The maximum Gasteiger partial charge on any atom is 0.224 e. The van der Waals surface area contributed by atoms with E-state index < -0.39 is 0 Å². The lowest BCUT2D eigenvalue weighted by atomic mass is 9.99. The number of anilines is 1. The summed E-state index contributed by atoms with van der Waals surface area (Å²) in [6.07, 6.45) is 3.07. The van der Waals surface area contributed by atoms with Crippen molar-refractivity contribution in [2.24, 2.45) is 4.99 Å². The van der Waals surface area contributed by atoms with Gasteiger partial charge in [0.2, 0.25) is 11.0 Å². The van der Waals surface area contributed by atoms with Gasteiger partial charge >= 0.3 is 0 Å². The molecular weight excluding hydrogens is 284 g/mol. The van der Waals surface area contributed by atoms with Crippen LogP contribution in [0.5, 0.6) is 0 Å². The van der Waals surface area contributed by atoms with Crippen molar-refractivity contribution in [2.75, 3.05) is 19.4 Å². The van der Waals surface area contributed by atoms with Gasteiger partial charge in [-0.1, -0.05) is 6.07 Å². The van der Waals surface area contributed by atoms with Gasteiger partial charge in [-0.05, 0) is 24.1 Å². The third kappa shape index (κ3) is 3.11. The molecule has 2 aromatic rings. The highest BCUT2D eigenvalue weighted by molar-refractivity contribution is 7.13. The molecule has 1 amide bonds. The molecular formula is C15H16N4OS. The first-order valence-electron chi connectivity index (χ1n) is 6.71. The first-order chi connectivity index (χ1) is 10.1. The van der Waals surface area contributed by atoms with Crippen LogP contribution in [0.4, 0.5) is 10.8 Å². The normalized spacial score (nSPS) is 14.1. The van der Waals surface area contributed by atoms with Crippen LogP contribution in [0.25, 0.3) is 11.3 Å². The fraction of sp³-hybridized carbons (Fsp3) is 0.267. The summed E-state index contributed by atoms with van der Waals surface area (Å²) in [5.74, 6) is 0.0872. The van der Waals surface area contributed by atoms with Gasteiger partial charge in [0.05, 0.1) is 12.0 Å². The fourth-order valence-corrected chi connectivity index (χ4v) is 2.83. The number of fused-ring (bicyclic) bond motifs is 1. The van der Waals surface area contributed by atoms with Crippen LogP contribution in [-0.4, -0.2) is 36.2 Å². The number of aromatic nitrogens is 1. The van der Waals surface area contributed by atoms with E-state index in [9.17, 15) is 4.79 Å². The van der Waals surface area contributed by atoms with E-state index in [0.717, 1.165) is 28.5 Å². The van der Waals surface area contributed by atoms with Crippen LogP contribution in [-0.2, 0) is 11.2 Å². The van der Waals surface area contributed by atoms with Gasteiger partial charge in [-0.25, -0.2) is 9.98 Å². The molecule has 108 valence electrons. The van der Waals surface area contributed by atoms with Crippen molar-refractivity contribution < 1.29 is 4.79 Å². The smallest absolute Gasteiger partial charge is 0.224 e. The summed E-state index contributed by atoms with van der Waals surface area (Å²) in [5, 5.41) is 5.64. The highest BCUT2D eigenvalue weighted by Gasteiger charge is 2.15. The van der Waals surface area contributed by atoms with Gasteiger partial charge < -0.3 is 10.2 Å². The van der Waals surface area contributed by atoms with Gasteiger partial charge in [0, 0.05) is 37.1 Å². The zero-order chi connectivity index (χ0) is 14.8. The van der Waals surface area contributed by atoms with Crippen molar-refractivity contribution in [3.8, 4) is 11.3 Å². The van der Waals surface area contributed by atoms with Crippen molar-refractivity contribution in [1.82, 2.24) is 9.88 Å². The largest absolute Gasteiger partial charge is 0.369 e. The Kier molecular flexibility index (Phi) is 3.70. The topological polar surface area (TPSA) is 57.6 Å². The van der Waals surface area contributed by atoms with Crippen LogP contribution in [0.1, 0.15) is 12.0 Å². The van der Waals surface area contributed by atoms with Crippen LogP contribution < -0.4 is 5.32 Å². The van der Waals surface area contributed by atoms with Crippen molar-refractivity contribution in [1.29, 1.82) is 0 Å². The minimum atomic E-state index is 0.0872. The van der Waals surface area contributed by atoms with E-state index in [1.54, 1.807) is 6.34 Å². The number of aryl methyl sites for hydroxylation is 1. The Labute approximate surface area is 127 Å². The minimum Gasteiger partial charge on any atom is -0.369 e. The molecule has 0 saturated heterocycles. The summed E-state index contributed by atoms with van der Waals surface area (Å²) >= 11 is 1.52. The standard InChI is InChI=1S/C15H16N4OS/c1-19(2)9-16-15-18-13(8-21-15)11-3-5-12-10(7-11)4-6-14(20)17-12/h3,5,7-9H,4,6H2,1-2H3,(H,17,20). The molecule has 1 aliphatic rings. The number of carbonyl (C=O) groups is 1. The molecule has 2 heterocycles. The summed E-state index contributed by atoms with van der Waals surface area (Å²) in [7, 11) is 3.85. The molecule has 6 heteroatoms. The predicted octanol–water partition coefficient (Wildman–Crippen LogP) is 2.92. The van der Waals surface area contributed by atoms with E-state index in [1.807, 2.05) is 36.5 Å². The second-order valence-electron chi connectivity index (χ2n) is 5.14. The highest BCUT2D eigenvalue weighted by Crippen LogP contribution is 2.31. The molecule has 0 radical (unpaired) electrons. The van der Waals surface area contributed by atoms with Crippen LogP contribution in [0.2, 0.25) is 0 Å². The second-order valence-corrected chi connectivity index (χ2v) is 5.98. The Balaban J connectivity index is 1.86. The molecule has 1 aromatic heterocycles. The van der Waals surface area contributed by atoms with E-state index in [4.69, 9.17) is 0 Å². The quantitative estimate of drug-likeness (QED) is 0.700. The average Bonchev–Trinajstić information content (AvgIpc) is 2.93. The second kappa shape index (κ2) is 5.65. The van der Waals surface area contributed by atoms with Crippen LogP contribution in [0, 0.1) is 0 Å². The van der Waals surface area contributed by atoms with Crippen LogP contribution >= 0.6 is 11.3 Å². The molecule has 0 spiro atoms. The summed E-state index contributed by atoms with van der Waals surface area (Å²) in [6, 6.07) is 6.03. The zero-order valence-electron chi connectivity index (χ0n) is 12.0. The number of benzene rings is 1. The monoisotopic (exact) mass is 300 g/mol. The molecule has 1 aliphatic heterocycles. The molecule has 1 N–H and O–H groups in total. The predicted molar refractivity (Wildman–Crippen MR) is 86.3 cm³/mol. The Morgan fingerprint density at radius 1 is 1.38 bits per heavy atom. The molecule has 0 fully saturated rings. The Morgan fingerprint density at radius 3 is 3.05 bits per heavy atom. The maximum absolute atomic E-state index is 11.4. The van der Waals surface area contributed by atoms with E-state index in [1.165, 1.54) is 16.9 Å². The number of rotatable bonds is 3. The molecule has 1 aromatic carbocycles. The third-order valence-corrected chi connectivity index (χ3v) is 3.94. The number of aliphatic imine (C=N–C) groups is 1. The van der Waals surface area contributed by atoms with E-state index >= 15 is 0 Å². The molecule has 0 aliphatic carbocycles. The van der Waals surface area contributed by atoms with Gasteiger partial charge in [0.1, 0.15) is 0 Å². The Hall–Kier alpha value is -2.21. The number of amides is 1. The van der Waals surface area contributed by atoms with Crippen LogP contribution in [0.15, 0.2) is 28.6 Å². The molecule has 0 unspecified atom stereocenters. The SMILES string of the molecule is CN(C)C=Nc1nc(-c2ccc3c(c2)CCC(=O)N3)cs1. The van der Waals surface area contributed by atoms with Gasteiger partial charge in [-0.2, -0.15) is 0 Å². The number of thiazole rings is 1. The number of hydrogen-bond donors (Lipinski definition) is 1. The summed E-state index contributed by atoms with van der Waals surface area (Å²) in [6.45, 7) is 0. The maximum atomic E-state index is 11.4. The van der Waals surface area contributed by atoms with Crippen molar-refractivity contribution >= 4 is 34.4 Å². The van der Waals surface area contributed by atoms with Gasteiger partial charge in [0.25, 0.3) is 0 Å². The Bertz CT molecular complexity index is 705. The number of carbonyl (C=O) groups excluding carboxylic acids is 1. The molecule has 3 rings (SSSR count). The molecule has 21 heavy (non-hydrogen) atoms. The van der Waals surface area contributed by atoms with E-state index in [-0.39, 0.29) is 5.91 Å². The fourth-order valence-electron chi connectivity index (χ4n) is 2.16. The first-order valence-corrected chi connectivity index (χ1v) is 7.59. The van der Waals surface area contributed by atoms with Crippen molar-refractivity contribution in [3.05, 3.63) is 29.1 Å². The van der Waals surface area contributed by atoms with Crippen LogP contribution in [0.3, 0.4) is 0 Å². The van der Waals surface area contributed by atoms with Gasteiger partial charge in [-0.3, -0.25) is 4.79 Å². The van der Waals surface area contributed by atoms with Crippen molar-refractivity contribution in [3.63, 3.8) is 0 Å².